The Morgan fingerprint density at radius 3 is 2.19 bits per heavy atom. The molecule has 1 fully saturated rings. The molecule has 26 heavy (non-hydrogen) atoms. The molecule has 0 aromatic carbocycles. The lowest BCUT2D eigenvalue weighted by atomic mass is 9.92. The molecule has 0 N–H and O–H groups in total. The van der Waals surface area contributed by atoms with Gasteiger partial charge in [0.05, 0.1) is 18.8 Å². The summed E-state index contributed by atoms with van der Waals surface area (Å²) in [4.78, 5) is 17.0. The lowest BCUT2D eigenvalue weighted by molar-refractivity contribution is 0.123. The number of piperazine rings is 1. The van der Waals surface area contributed by atoms with Crippen LogP contribution in [0.5, 0.6) is 0 Å². The van der Waals surface area contributed by atoms with Crippen molar-refractivity contribution in [3.05, 3.63) is 46.6 Å². The molecule has 1 aliphatic heterocycles. The van der Waals surface area contributed by atoms with Gasteiger partial charge in [-0.15, -0.1) is 0 Å². The van der Waals surface area contributed by atoms with E-state index in [0.29, 0.717) is 6.54 Å². The SMILES string of the molecule is CC(C)(C)c1ccc(=O)n(CCN2CCN(CCn3cccn3)CC2)n1. The molecule has 7 nitrogen and oxygen atoms in total. The molecule has 0 aliphatic carbocycles. The molecule has 3 heterocycles. The van der Waals surface area contributed by atoms with E-state index in [0.717, 1.165) is 51.5 Å². The first-order chi connectivity index (χ1) is 12.4. The van der Waals surface area contributed by atoms with Crippen LogP contribution in [-0.4, -0.2) is 68.6 Å². The summed E-state index contributed by atoms with van der Waals surface area (Å²) in [7, 11) is 0. The van der Waals surface area contributed by atoms with E-state index in [4.69, 9.17) is 0 Å². The van der Waals surface area contributed by atoms with E-state index in [1.165, 1.54) is 0 Å². The Bertz CT molecular complexity index is 738. The largest absolute Gasteiger partial charge is 0.299 e. The minimum atomic E-state index is -0.0460. The standard InChI is InChI=1S/C19H30N6O/c1-19(2,3)17-5-6-18(26)25(21-17)16-14-23-11-9-22(10-12-23)13-15-24-8-4-7-20-24/h4-8H,9-16H2,1-3H3. The van der Waals surface area contributed by atoms with Crippen molar-refractivity contribution < 1.29 is 0 Å². The smallest absolute Gasteiger partial charge is 0.266 e. The molecular formula is C19H30N6O. The zero-order chi connectivity index (χ0) is 18.6. The molecule has 0 spiro atoms. The van der Waals surface area contributed by atoms with Gasteiger partial charge in [-0.05, 0) is 12.1 Å². The van der Waals surface area contributed by atoms with Crippen LogP contribution in [0.2, 0.25) is 0 Å². The van der Waals surface area contributed by atoms with Crippen LogP contribution in [-0.2, 0) is 18.5 Å². The molecule has 3 rings (SSSR count). The van der Waals surface area contributed by atoms with Gasteiger partial charge in [-0.3, -0.25) is 19.3 Å². The highest BCUT2D eigenvalue weighted by molar-refractivity contribution is 5.10. The summed E-state index contributed by atoms with van der Waals surface area (Å²) in [5.41, 5.74) is 0.895. The molecule has 0 atom stereocenters. The average Bonchev–Trinajstić information content (AvgIpc) is 3.13. The quantitative estimate of drug-likeness (QED) is 0.773. The van der Waals surface area contributed by atoms with Gasteiger partial charge >= 0.3 is 0 Å². The zero-order valence-electron chi connectivity index (χ0n) is 16.1. The fourth-order valence-electron chi connectivity index (χ4n) is 3.16. The number of nitrogens with zero attached hydrogens (tertiary/aromatic N) is 6. The summed E-state index contributed by atoms with van der Waals surface area (Å²) in [6.45, 7) is 14.0. The Kier molecular flexibility index (Phi) is 5.88. The van der Waals surface area contributed by atoms with Gasteiger partial charge in [0.1, 0.15) is 0 Å². The number of rotatable bonds is 6. The molecule has 0 radical (unpaired) electrons. The fraction of sp³-hybridized carbons (Fsp3) is 0.632. The van der Waals surface area contributed by atoms with Crippen molar-refractivity contribution in [2.75, 3.05) is 39.3 Å². The number of hydrogen-bond acceptors (Lipinski definition) is 5. The second kappa shape index (κ2) is 8.14. The van der Waals surface area contributed by atoms with Crippen molar-refractivity contribution in [3.8, 4) is 0 Å². The minimum absolute atomic E-state index is 0.0177. The summed E-state index contributed by atoms with van der Waals surface area (Å²) in [6.07, 6.45) is 3.83. The third-order valence-corrected chi connectivity index (χ3v) is 4.93. The van der Waals surface area contributed by atoms with Gasteiger partial charge in [-0.1, -0.05) is 20.8 Å². The Morgan fingerprint density at radius 1 is 0.962 bits per heavy atom. The molecule has 0 bridgehead atoms. The van der Waals surface area contributed by atoms with Crippen molar-refractivity contribution in [3.63, 3.8) is 0 Å². The summed E-state index contributed by atoms with van der Waals surface area (Å²) in [5.74, 6) is 0. The van der Waals surface area contributed by atoms with Crippen LogP contribution in [0.3, 0.4) is 0 Å². The monoisotopic (exact) mass is 358 g/mol. The third-order valence-electron chi connectivity index (χ3n) is 4.93. The second-order valence-corrected chi connectivity index (χ2v) is 7.98. The van der Waals surface area contributed by atoms with Crippen LogP contribution in [0.1, 0.15) is 26.5 Å². The second-order valence-electron chi connectivity index (χ2n) is 7.98. The van der Waals surface area contributed by atoms with Crippen LogP contribution in [0, 0.1) is 0 Å². The Morgan fingerprint density at radius 2 is 1.62 bits per heavy atom. The molecule has 2 aromatic heterocycles. The molecule has 7 heteroatoms. The summed E-state index contributed by atoms with van der Waals surface area (Å²) >= 11 is 0. The maximum Gasteiger partial charge on any atom is 0.266 e. The Balaban J connectivity index is 1.46. The lowest BCUT2D eigenvalue weighted by Crippen LogP contribution is -2.48. The van der Waals surface area contributed by atoms with Crippen LogP contribution < -0.4 is 5.56 Å². The first-order valence-corrected chi connectivity index (χ1v) is 9.42. The van der Waals surface area contributed by atoms with E-state index >= 15 is 0 Å². The van der Waals surface area contributed by atoms with Gasteiger partial charge in [-0.25, -0.2) is 4.68 Å². The predicted octanol–water partition coefficient (Wildman–Crippen LogP) is 1.06. The summed E-state index contributed by atoms with van der Waals surface area (Å²) < 4.78 is 3.59. The minimum Gasteiger partial charge on any atom is -0.299 e. The normalized spacial score (nSPS) is 16.9. The number of hydrogen-bond donors (Lipinski definition) is 0. The zero-order valence-corrected chi connectivity index (χ0v) is 16.1. The maximum atomic E-state index is 12.1. The molecule has 0 unspecified atom stereocenters. The van der Waals surface area contributed by atoms with Crippen LogP contribution >= 0.6 is 0 Å². The summed E-state index contributed by atoms with van der Waals surface area (Å²) in [5, 5.41) is 8.81. The first-order valence-electron chi connectivity index (χ1n) is 9.42. The number of aromatic nitrogens is 4. The molecular weight excluding hydrogens is 328 g/mol. The van der Waals surface area contributed by atoms with Crippen molar-refractivity contribution in [2.24, 2.45) is 0 Å². The molecule has 2 aromatic rings. The van der Waals surface area contributed by atoms with E-state index in [1.807, 2.05) is 29.2 Å². The van der Waals surface area contributed by atoms with Crippen molar-refractivity contribution >= 4 is 0 Å². The van der Waals surface area contributed by atoms with Gasteiger partial charge in [0, 0.05) is 63.1 Å². The van der Waals surface area contributed by atoms with Gasteiger partial charge in [0.2, 0.25) is 0 Å². The Hall–Kier alpha value is -1.99. The van der Waals surface area contributed by atoms with Gasteiger partial charge in [-0.2, -0.15) is 10.2 Å². The van der Waals surface area contributed by atoms with E-state index in [9.17, 15) is 4.79 Å². The van der Waals surface area contributed by atoms with E-state index in [2.05, 4.69) is 40.8 Å². The van der Waals surface area contributed by atoms with Gasteiger partial charge < -0.3 is 0 Å². The fourth-order valence-corrected chi connectivity index (χ4v) is 3.16. The highest BCUT2D eigenvalue weighted by Gasteiger charge is 2.18. The van der Waals surface area contributed by atoms with Crippen LogP contribution in [0.25, 0.3) is 0 Å². The van der Waals surface area contributed by atoms with Crippen molar-refractivity contribution in [2.45, 2.75) is 39.3 Å². The average molecular weight is 358 g/mol. The first kappa shape index (κ1) is 18.8. The van der Waals surface area contributed by atoms with E-state index in [-0.39, 0.29) is 11.0 Å². The van der Waals surface area contributed by atoms with Crippen molar-refractivity contribution in [1.29, 1.82) is 0 Å². The van der Waals surface area contributed by atoms with E-state index in [1.54, 1.807) is 10.7 Å². The van der Waals surface area contributed by atoms with Crippen molar-refractivity contribution in [1.82, 2.24) is 29.4 Å². The molecule has 0 saturated carbocycles. The highest BCUT2D eigenvalue weighted by atomic mass is 16.1. The topological polar surface area (TPSA) is 59.2 Å². The van der Waals surface area contributed by atoms with Gasteiger partial charge in [0.15, 0.2) is 0 Å². The van der Waals surface area contributed by atoms with Gasteiger partial charge in [0.25, 0.3) is 5.56 Å². The third kappa shape index (κ3) is 5.02. The maximum absolute atomic E-state index is 12.1. The highest BCUT2D eigenvalue weighted by Crippen LogP contribution is 2.18. The summed E-state index contributed by atoms with van der Waals surface area (Å²) in [6, 6.07) is 5.45. The lowest BCUT2D eigenvalue weighted by Gasteiger charge is -2.34. The molecule has 142 valence electrons. The van der Waals surface area contributed by atoms with Crippen LogP contribution in [0.4, 0.5) is 0 Å². The van der Waals surface area contributed by atoms with Crippen LogP contribution in [0.15, 0.2) is 35.4 Å². The molecule has 0 amide bonds. The predicted molar refractivity (Wildman–Crippen MR) is 102 cm³/mol. The van der Waals surface area contributed by atoms with E-state index < -0.39 is 0 Å². The molecule has 1 aliphatic rings. The molecule has 1 saturated heterocycles. The Labute approximate surface area is 155 Å².